The fourth-order valence-corrected chi connectivity index (χ4v) is 4.73. The molecule has 30 heavy (non-hydrogen) atoms. The monoisotopic (exact) mass is 425 g/mol. The fraction of sp³-hybridized carbons (Fsp3) is 0.409. The largest absolute Gasteiger partial charge is 0.355 e. The van der Waals surface area contributed by atoms with Crippen LogP contribution in [0.2, 0.25) is 0 Å². The summed E-state index contributed by atoms with van der Waals surface area (Å²) in [5.74, 6) is 0.525. The lowest BCUT2D eigenvalue weighted by atomic mass is 9.97. The maximum atomic E-state index is 12.7. The zero-order valence-electron chi connectivity index (χ0n) is 17.4. The molecular weight excluding hydrogens is 398 g/mol. The second kappa shape index (κ2) is 8.97. The van der Waals surface area contributed by atoms with Crippen LogP contribution in [0.4, 0.5) is 5.95 Å². The van der Waals surface area contributed by atoms with Gasteiger partial charge in [0.25, 0.3) is 5.56 Å². The molecule has 3 heterocycles. The first-order chi connectivity index (χ1) is 14.5. The van der Waals surface area contributed by atoms with Gasteiger partial charge < -0.3 is 15.1 Å². The first-order valence-electron chi connectivity index (χ1n) is 10.3. The van der Waals surface area contributed by atoms with Crippen molar-refractivity contribution >= 4 is 33.4 Å². The van der Waals surface area contributed by atoms with E-state index >= 15 is 0 Å². The van der Waals surface area contributed by atoms with E-state index in [4.69, 9.17) is 4.98 Å². The van der Waals surface area contributed by atoms with Crippen molar-refractivity contribution in [1.82, 2.24) is 20.2 Å². The number of amides is 1. The number of H-pyrrole nitrogens is 1. The molecular formula is C22H27N5O2S. The molecule has 1 atom stereocenters. The highest BCUT2D eigenvalue weighted by Crippen LogP contribution is 2.32. The number of likely N-dealkylation sites (N-methyl/N-ethyl adjacent to an activating group) is 1. The number of nitrogens with one attached hydrogen (secondary N) is 2. The number of carbonyl (C=O) groups is 1. The summed E-state index contributed by atoms with van der Waals surface area (Å²) in [6.07, 6.45) is 1.74. The first kappa shape index (κ1) is 20.6. The number of hydrogen-bond donors (Lipinski definition) is 2. The van der Waals surface area contributed by atoms with Crippen molar-refractivity contribution in [3.63, 3.8) is 0 Å². The lowest BCUT2D eigenvalue weighted by molar-refractivity contribution is -0.125. The van der Waals surface area contributed by atoms with E-state index in [1.165, 1.54) is 11.3 Å². The normalized spacial score (nSPS) is 16.9. The number of piperidine rings is 1. The van der Waals surface area contributed by atoms with Gasteiger partial charge in [0.15, 0.2) is 0 Å². The van der Waals surface area contributed by atoms with E-state index in [0.717, 1.165) is 42.6 Å². The zero-order chi connectivity index (χ0) is 21.1. The van der Waals surface area contributed by atoms with Crippen molar-refractivity contribution in [2.24, 2.45) is 5.92 Å². The van der Waals surface area contributed by atoms with Gasteiger partial charge in [0.1, 0.15) is 4.70 Å². The maximum absolute atomic E-state index is 12.7. The predicted octanol–water partition coefficient (Wildman–Crippen LogP) is 2.55. The number of fused-ring (bicyclic) bond motifs is 1. The highest BCUT2D eigenvalue weighted by molar-refractivity contribution is 7.17. The van der Waals surface area contributed by atoms with E-state index in [1.54, 1.807) is 0 Å². The van der Waals surface area contributed by atoms with Crippen molar-refractivity contribution in [3.05, 3.63) is 46.1 Å². The molecule has 1 amide bonds. The molecule has 0 unspecified atom stereocenters. The average molecular weight is 426 g/mol. The summed E-state index contributed by atoms with van der Waals surface area (Å²) in [6.45, 7) is 2.79. The predicted molar refractivity (Wildman–Crippen MR) is 122 cm³/mol. The number of thiophene rings is 1. The summed E-state index contributed by atoms with van der Waals surface area (Å²) in [7, 11) is 3.97. The van der Waals surface area contributed by atoms with Gasteiger partial charge in [0.05, 0.1) is 11.4 Å². The topological polar surface area (TPSA) is 81.3 Å². The van der Waals surface area contributed by atoms with Crippen molar-refractivity contribution in [3.8, 4) is 11.1 Å². The summed E-state index contributed by atoms with van der Waals surface area (Å²) in [5, 5.41) is 5.01. The summed E-state index contributed by atoms with van der Waals surface area (Å²) in [6, 6.07) is 9.99. The van der Waals surface area contributed by atoms with Crippen molar-refractivity contribution < 1.29 is 4.79 Å². The molecule has 1 saturated heterocycles. The standard InChI is InChI=1S/C22H27N5O2S/c1-26(2)12-10-23-20(28)16-9-6-11-27(13-16)22-24-18-17(15-7-4-3-5-8-15)14-30-19(18)21(29)25-22/h3-5,7-8,14,16H,6,9-13H2,1-2H3,(H,23,28)(H,24,25,29)/t16-/m1/s1. The molecule has 2 N–H and O–H groups in total. The number of aromatic amines is 1. The molecule has 158 valence electrons. The Bertz CT molecular complexity index is 1080. The van der Waals surface area contributed by atoms with Gasteiger partial charge in [0.2, 0.25) is 11.9 Å². The molecule has 0 radical (unpaired) electrons. The lowest BCUT2D eigenvalue weighted by Gasteiger charge is -2.32. The molecule has 4 rings (SSSR count). The van der Waals surface area contributed by atoms with E-state index in [-0.39, 0.29) is 17.4 Å². The minimum Gasteiger partial charge on any atom is -0.355 e. The minimum atomic E-state index is -0.125. The van der Waals surface area contributed by atoms with Gasteiger partial charge in [-0.15, -0.1) is 11.3 Å². The average Bonchev–Trinajstić information content (AvgIpc) is 3.19. The Labute approximate surface area is 179 Å². The summed E-state index contributed by atoms with van der Waals surface area (Å²) in [5.41, 5.74) is 2.62. The van der Waals surface area contributed by atoms with E-state index in [2.05, 4.69) is 10.3 Å². The second-order valence-corrected chi connectivity index (χ2v) is 8.84. The summed E-state index contributed by atoms with van der Waals surface area (Å²) >= 11 is 1.41. The molecule has 1 fully saturated rings. The van der Waals surface area contributed by atoms with Crippen molar-refractivity contribution in [1.29, 1.82) is 0 Å². The van der Waals surface area contributed by atoms with Crippen LogP contribution in [0, 0.1) is 5.92 Å². The smallest absolute Gasteiger partial charge is 0.270 e. The van der Waals surface area contributed by atoms with Crippen LogP contribution in [0.5, 0.6) is 0 Å². The van der Waals surface area contributed by atoms with Crippen molar-refractivity contribution in [2.75, 3.05) is 45.2 Å². The Morgan fingerprint density at radius 3 is 2.90 bits per heavy atom. The second-order valence-electron chi connectivity index (χ2n) is 7.96. The third-order valence-corrected chi connectivity index (χ3v) is 6.42. The van der Waals surface area contributed by atoms with Crippen LogP contribution in [0.25, 0.3) is 21.3 Å². The van der Waals surface area contributed by atoms with Gasteiger partial charge >= 0.3 is 0 Å². The van der Waals surface area contributed by atoms with E-state index in [9.17, 15) is 9.59 Å². The third-order valence-electron chi connectivity index (χ3n) is 5.45. The Balaban J connectivity index is 1.57. The molecule has 3 aromatic rings. The summed E-state index contributed by atoms with van der Waals surface area (Å²) in [4.78, 5) is 37.1. The van der Waals surface area contributed by atoms with E-state index < -0.39 is 0 Å². The Kier molecular flexibility index (Phi) is 6.15. The first-order valence-corrected chi connectivity index (χ1v) is 11.1. The Hall–Kier alpha value is -2.71. The molecule has 0 spiro atoms. The Morgan fingerprint density at radius 1 is 1.33 bits per heavy atom. The van der Waals surface area contributed by atoms with Gasteiger partial charge in [0, 0.05) is 37.1 Å². The van der Waals surface area contributed by atoms with Gasteiger partial charge in [-0.25, -0.2) is 4.98 Å². The summed E-state index contributed by atoms with van der Waals surface area (Å²) < 4.78 is 0.632. The quantitative estimate of drug-likeness (QED) is 0.634. The molecule has 1 aliphatic rings. The highest BCUT2D eigenvalue weighted by atomic mass is 32.1. The van der Waals surface area contributed by atoms with Crippen LogP contribution >= 0.6 is 11.3 Å². The number of hydrogen-bond acceptors (Lipinski definition) is 6. The van der Waals surface area contributed by atoms with Crippen LogP contribution in [-0.4, -0.2) is 61.0 Å². The molecule has 0 saturated carbocycles. The highest BCUT2D eigenvalue weighted by Gasteiger charge is 2.27. The number of nitrogens with zero attached hydrogens (tertiary/aromatic N) is 3. The van der Waals surface area contributed by atoms with Crippen LogP contribution in [0.3, 0.4) is 0 Å². The SMILES string of the molecule is CN(C)CCNC(=O)[C@@H]1CCCN(c2nc3c(-c4ccccc4)csc3c(=O)[nH]2)C1. The van der Waals surface area contributed by atoms with Gasteiger partial charge in [-0.1, -0.05) is 30.3 Å². The molecule has 1 aliphatic heterocycles. The third kappa shape index (κ3) is 4.39. The van der Waals surface area contributed by atoms with Gasteiger partial charge in [-0.3, -0.25) is 14.6 Å². The number of rotatable bonds is 6. The van der Waals surface area contributed by atoms with Crippen molar-refractivity contribution in [2.45, 2.75) is 12.8 Å². The van der Waals surface area contributed by atoms with Crippen LogP contribution in [0.1, 0.15) is 12.8 Å². The van der Waals surface area contributed by atoms with Gasteiger partial charge in [-0.2, -0.15) is 0 Å². The molecule has 0 aliphatic carbocycles. The molecule has 2 aromatic heterocycles. The molecule has 1 aromatic carbocycles. The number of aromatic nitrogens is 2. The van der Waals surface area contributed by atoms with E-state index in [0.29, 0.717) is 23.7 Å². The zero-order valence-corrected chi connectivity index (χ0v) is 18.2. The molecule has 0 bridgehead atoms. The van der Waals surface area contributed by atoms with Crippen LogP contribution in [-0.2, 0) is 4.79 Å². The number of carbonyl (C=O) groups excluding carboxylic acids is 1. The van der Waals surface area contributed by atoms with E-state index in [1.807, 2.05) is 59.6 Å². The minimum absolute atomic E-state index is 0.0745. The maximum Gasteiger partial charge on any atom is 0.270 e. The Morgan fingerprint density at radius 2 is 2.13 bits per heavy atom. The van der Waals surface area contributed by atoms with Crippen LogP contribution < -0.4 is 15.8 Å². The fourth-order valence-electron chi connectivity index (χ4n) is 3.82. The lowest BCUT2D eigenvalue weighted by Crippen LogP contribution is -2.45. The van der Waals surface area contributed by atoms with Gasteiger partial charge in [-0.05, 0) is 32.5 Å². The van der Waals surface area contributed by atoms with Crippen LogP contribution in [0.15, 0.2) is 40.5 Å². The number of benzene rings is 1. The molecule has 7 nitrogen and oxygen atoms in total. The molecule has 8 heteroatoms. The number of anilines is 1.